The van der Waals surface area contributed by atoms with Crippen molar-refractivity contribution in [3.63, 3.8) is 0 Å². The first-order chi connectivity index (χ1) is 9.02. The smallest absolute Gasteiger partial charge is 0.245 e. The van der Waals surface area contributed by atoms with Crippen molar-refractivity contribution < 1.29 is 9.59 Å². The summed E-state index contributed by atoms with van der Waals surface area (Å²) in [5, 5.41) is 2.73. The molecule has 19 heavy (non-hydrogen) atoms. The maximum atomic E-state index is 12.3. The summed E-state index contributed by atoms with van der Waals surface area (Å²) in [4.78, 5) is 26.9. The monoisotopic (exact) mass is 300 g/mol. The SMILES string of the molecule is CCCC1C(=O)NC(C)C(=O)N1Cc1ccc(Cl)s1. The zero-order valence-corrected chi connectivity index (χ0v) is 12.6. The van der Waals surface area contributed by atoms with Gasteiger partial charge in [0, 0.05) is 4.88 Å². The normalized spacial score (nSPS) is 23.6. The lowest BCUT2D eigenvalue weighted by Gasteiger charge is -2.37. The van der Waals surface area contributed by atoms with Crippen molar-refractivity contribution in [1.29, 1.82) is 0 Å². The Morgan fingerprint density at radius 3 is 2.74 bits per heavy atom. The molecule has 1 aromatic heterocycles. The quantitative estimate of drug-likeness (QED) is 0.928. The van der Waals surface area contributed by atoms with Crippen LogP contribution in [0.4, 0.5) is 0 Å². The number of rotatable bonds is 4. The molecule has 0 radical (unpaired) electrons. The summed E-state index contributed by atoms with van der Waals surface area (Å²) in [6.45, 7) is 4.19. The largest absolute Gasteiger partial charge is 0.343 e. The topological polar surface area (TPSA) is 49.4 Å². The number of hydrogen-bond acceptors (Lipinski definition) is 3. The molecular weight excluding hydrogens is 284 g/mol. The Bertz CT molecular complexity index is 489. The van der Waals surface area contributed by atoms with Gasteiger partial charge in [-0.3, -0.25) is 9.59 Å². The van der Waals surface area contributed by atoms with Crippen LogP contribution in [-0.4, -0.2) is 28.8 Å². The van der Waals surface area contributed by atoms with Gasteiger partial charge in [-0.1, -0.05) is 24.9 Å². The Labute approximate surface area is 121 Å². The summed E-state index contributed by atoms with van der Waals surface area (Å²) in [7, 11) is 0. The number of piperazine rings is 1. The van der Waals surface area contributed by atoms with E-state index in [0.717, 1.165) is 11.3 Å². The standard InChI is InChI=1S/C13H17ClN2O2S/c1-3-4-10-12(17)15-8(2)13(18)16(10)7-9-5-6-11(14)19-9/h5-6,8,10H,3-4,7H2,1-2H3,(H,15,17). The number of nitrogens with one attached hydrogen (secondary N) is 1. The van der Waals surface area contributed by atoms with Gasteiger partial charge in [-0.05, 0) is 25.5 Å². The summed E-state index contributed by atoms with van der Waals surface area (Å²) >= 11 is 7.35. The predicted molar refractivity (Wildman–Crippen MR) is 76.2 cm³/mol. The van der Waals surface area contributed by atoms with Crippen molar-refractivity contribution in [2.24, 2.45) is 0 Å². The van der Waals surface area contributed by atoms with E-state index in [-0.39, 0.29) is 17.9 Å². The zero-order chi connectivity index (χ0) is 14.0. The van der Waals surface area contributed by atoms with Gasteiger partial charge in [0.2, 0.25) is 11.8 Å². The lowest BCUT2D eigenvalue weighted by atomic mass is 10.0. The van der Waals surface area contributed by atoms with Crippen molar-refractivity contribution in [2.45, 2.75) is 45.3 Å². The second kappa shape index (κ2) is 5.92. The Morgan fingerprint density at radius 1 is 1.42 bits per heavy atom. The molecule has 0 spiro atoms. The molecule has 2 rings (SSSR count). The minimum atomic E-state index is -0.448. The molecule has 6 heteroatoms. The summed E-state index contributed by atoms with van der Waals surface area (Å²) in [5.41, 5.74) is 0. The fourth-order valence-electron chi connectivity index (χ4n) is 2.27. The third-order valence-electron chi connectivity index (χ3n) is 3.21. The molecular formula is C13H17ClN2O2S. The third-order valence-corrected chi connectivity index (χ3v) is 4.42. The second-order valence-electron chi connectivity index (χ2n) is 4.71. The average Bonchev–Trinajstić information content (AvgIpc) is 2.76. The number of carbonyl (C=O) groups excluding carboxylic acids is 2. The van der Waals surface area contributed by atoms with Crippen LogP contribution >= 0.6 is 22.9 Å². The lowest BCUT2D eigenvalue weighted by Crippen LogP contribution is -2.61. The molecule has 104 valence electrons. The first-order valence-corrected chi connectivity index (χ1v) is 7.57. The van der Waals surface area contributed by atoms with Crippen LogP contribution < -0.4 is 5.32 Å². The van der Waals surface area contributed by atoms with E-state index in [2.05, 4.69) is 5.32 Å². The minimum absolute atomic E-state index is 0.0254. The summed E-state index contributed by atoms with van der Waals surface area (Å²) in [6.07, 6.45) is 1.55. The zero-order valence-electron chi connectivity index (χ0n) is 11.0. The van der Waals surface area contributed by atoms with Crippen LogP contribution in [0.1, 0.15) is 31.6 Å². The van der Waals surface area contributed by atoms with Gasteiger partial charge < -0.3 is 10.2 Å². The van der Waals surface area contributed by atoms with Gasteiger partial charge in [0.25, 0.3) is 0 Å². The number of amides is 2. The van der Waals surface area contributed by atoms with E-state index in [0.29, 0.717) is 17.3 Å². The molecule has 1 aliphatic heterocycles. The van der Waals surface area contributed by atoms with Gasteiger partial charge in [0.05, 0.1) is 10.9 Å². The van der Waals surface area contributed by atoms with E-state index in [9.17, 15) is 9.59 Å². The van der Waals surface area contributed by atoms with Crippen LogP contribution in [0.3, 0.4) is 0 Å². The van der Waals surface area contributed by atoms with E-state index >= 15 is 0 Å². The van der Waals surface area contributed by atoms with Crippen LogP contribution in [0, 0.1) is 0 Å². The fraction of sp³-hybridized carbons (Fsp3) is 0.538. The Hall–Kier alpha value is -1.07. The van der Waals surface area contributed by atoms with Crippen molar-refractivity contribution >= 4 is 34.8 Å². The Balaban J connectivity index is 2.20. The fourth-order valence-corrected chi connectivity index (χ4v) is 3.35. The van der Waals surface area contributed by atoms with Crippen LogP contribution in [0.25, 0.3) is 0 Å². The number of thiophene rings is 1. The highest BCUT2D eigenvalue weighted by atomic mass is 35.5. The number of hydrogen-bond donors (Lipinski definition) is 1. The molecule has 0 bridgehead atoms. The number of nitrogens with zero attached hydrogens (tertiary/aromatic N) is 1. The lowest BCUT2D eigenvalue weighted by molar-refractivity contribution is -0.149. The molecule has 0 saturated carbocycles. The molecule has 0 aromatic carbocycles. The average molecular weight is 301 g/mol. The van der Waals surface area contributed by atoms with Gasteiger partial charge in [0.1, 0.15) is 12.1 Å². The molecule has 4 nitrogen and oxygen atoms in total. The number of carbonyl (C=O) groups is 2. The van der Waals surface area contributed by atoms with Gasteiger partial charge in [-0.15, -0.1) is 11.3 Å². The van der Waals surface area contributed by atoms with Crippen LogP contribution in [0.5, 0.6) is 0 Å². The highest BCUT2D eigenvalue weighted by Gasteiger charge is 2.37. The maximum absolute atomic E-state index is 12.3. The van der Waals surface area contributed by atoms with E-state index in [4.69, 9.17) is 11.6 Å². The first-order valence-electron chi connectivity index (χ1n) is 6.38. The highest BCUT2D eigenvalue weighted by molar-refractivity contribution is 7.16. The summed E-state index contributed by atoms with van der Waals surface area (Å²) < 4.78 is 0.698. The van der Waals surface area contributed by atoms with E-state index in [1.807, 2.05) is 19.1 Å². The van der Waals surface area contributed by atoms with E-state index in [1.165, 1.54) is 11.3 Å². The van der Waals surface area contributed by atoms with Crippen molar-refractivity contribution in [3.05, 3.63) is 21.3 Å². The molecule has 1 fully saturated rings. The van der Waals surface area contributed by atoms with Gasteiger partial charge in [-0.2, -0.15) is 0 Å². The summed E-state index contributed by atoms with van der Waals surface area (Å²) in [5.74, 6) is -0.0841. The van der Waals surface area contributed by atoms with Gasteiger partial charge in [0.15, 0.2) is 0 Å². The molecule has 2 atom stereocenters. The molecule has 0 aliphatic carbocycles. The van der Waals surface area contributed by atoms with Crippen LogP contribution in [-0.2, 0) is 16.1 Å². The van der Waals surface area contributed by atoms with Crippen molar-refractivity contribution in [3.8, 4) is 0 Å². The number of halogens is 1. The highest BCUT2D eigenvalue weighted by Crippen LogP contribution is 2.25. The maximum Gasteiger partial charge on any atom is 0.245 e. The molecule has 1 aromatic rings. The molecule has 1 aliphatic rings. The van der Waals surface area contributed by atoms with Crippen molar-refractivity contribution in [1.82, 2.24) is 10.2 Å². The second-order valence-corrected chi connectivity index (χ2v) is 6.51. The first kappa shape index (κ1) is 14.3. The Kier molecular flexibility index (Phi) is 4.47. The molecule has 1 saturated heterocycles. The molecule has 1 N–H and O–H groups in total. The minimum Gasteiger partial charge on any atom is -0.343 e. The molecule has 2 amide bonds. The third kappa shape index (κ3) is 3.09. The molecule has 2 heterocycles. The van der Waals surface area contributed by atoms with Gasteiger partial charge >= 0.3 is 0 Å². The molecule has 2 unspecified atom stereocenters. The summed E-state index contributed by atoms with van der Waals surface area (Å²) in [6, 6.07) is 2.90. The Morgan fingerprint density at radius 2 is 2.16 bits per heavy atom. The van der Waals surface area contributed by atoms with E-state index in [1.54, 1.807) is 11.8 Å². The van der Waals surface area contributed by atoms with Crippen LogP contribution in [0.2, 0.25) is 4.34 Å². The van der Waals surface area contributed by atoms with Crippen LogP contribution in [0.15, 0.2) is 12.1 Å². The predicted octanol–water partition coefficient (Wildman–Crippen LogP) is 2.42. The van der Waals surface area contributed by atoms with E-state index < -0.39 is 6.04 Å². The van der Waals surface area contributed by atoms with Gasteiger partial charge in [-0.25, -0.2) is 0 Å². The van der Waals surface area contributed by atoms with Crippen molar-refractivity contribution in [2.75, 3.05) is 0 Å².